The molecule has 4 rings (SSSR count). The molecule has 3 saturated carbocycles. The predicted octanol–water partition coefficient (Wildman–Crippen LogP) is 5.33. The van der Waals surface area contributed by atoms with E-state index in [9.17, 15) is 9.59 Å². The number of ether oxygens (including phenoxy) is 1. The Morgan fingerprint density at radius 1 is 1.15 bits per heavy atom. The van der Waals surface area contributed by atoms with Crippen molar-refractivity contribution in [2.45, 2.75) is 85.2 Å². The van der Waals surface area contributed by atoms with E-state index in [4.69, 9.17) is 4.74 Å². The Morgan fingerprint density at radius 2 is 1.85 bits per heavy atom. The van der Waals surface area contributed by atoms with Gasteiger partial charge in [-0.1, -0.05) is 32.4 Å². The molecule has 4 aliphatic carbocycles. The van der Waals surface area contributed by atoms with Crippen LogP contribution in [0.25, 0.3) is 0 Å². The minimum Gasteiger partial charge on any atom is -0.463 e. The van der Waals surface area contributed by atoms with E-state index < -0.39 is 0 Å². The molecule has 0 aromatic heterocycles. The van der Waals surface area contributed by atoms with Crippen molar-refractivity contribution in [3.05, 3.63) is 11.6 Å². The summed E-state index contributed by atoms with van der Waals surface area (Å²) in [5.74, 6) is 2.60. The maximum atomic E-state index is 11.5. The molecule has 0 bridgehead atoms. The van der Waals surface area contributed by atoms with Gasteiger partial charge in [0.1, 0.15) is 12.4 Å². The number of hydrogen-bond acceptors (Lipinski definition) is 3. The minimum absolute atomic E-state index is 0.119. The van der Waals surface area contributed by atoms with Crippen LogP contribution in [0.1, 0.15) is 79.1 Å². The van der Waals surface area contributed by atoms with Crippen molar-refractivity contribution in [3.63, 3.8) is 0 Å². The minimum atomic E-state index is -0.134. The molecule has 0 saturated heterocycles. The van der Waals surface area contributed by atoms with E-state index in [0.717, 1.165) is 19.3 Å². The zero-order chi connectivity index (χ0) is 19.4. The van der Waals surface area contributed by atoms with Crippen molar-refractivity contribution >= 4 is 12.3 Å². The highest BCUT2D eigenvalue weighted by Gasteiger charge is 2.58. The second-order valence-corrected chi connectivity index (χ2v) is 10.5. The summed E-state index contributed by atoms with van der Waals surface area (Å²) in [5, 5.41) is 0. The van der Waals surface area contributed by atoms with Crippen LogP contribution in [0.4, 0.5) is 0 Å². The van der Waals surface area contributed by atoms with Crippen LogP contribution in [0.2, 0.25) is 0 Å². The van der Waals surface area contributed by atoms with Gasteiger partial charge in [0.05, 0.1) is 0 Å². The molecule has 0 aliphatic heterocycles. The van der Waals surface area contributed by atoms with Gasteiger partial charge in [-0.2, -0.15) is 0 Å². The van der Waals surface area contributed by atoms with Gasteiger partial charge in [-0.25, -0.2) is 0 Å². The zero-order valence-corrected chi connectivity index (χ0v) is 17.5. The standard InChI is InChI=1S/C24H36O3/c1-15(14-25)20-7-8-21-19-6-5-17-13-18(27-16(2)26)9-11-23(17,3)22(19)10-12-24(20,21)4/h6,14-15,17-18,20-22H,5,7-13H2,1-4H3/t15-,17+,18+,20-,21+,22+,23+,24-/m1/s1. The highest BCUT2D eigenvalue weighted by atomic mass is 16.5. The molecule has 3 heteroatoms. The molecule has 0 heterocycles. The van der Waals surface area contributed by atoms with Gasteiger partial charge in [0, 0.05) is 12.8 Å². The third kappa shape index (κ3) is 2.91. The molecular formula is C24H36O3. The lowest BCUT2D eigenvalue weighted by Crippen LogP contribution is -2.50. The van der Waals surface area contributed by atoms with Crippen LogP contribution in [0.3, 0.4) is 0 Å². The lowest BCUT2D eigenvalue weighted by molar-refractivity contribution is -0.152. The molecule has 27 heavy (non-hydrogen) atoms. The molecule has 0 aromatic carbocycles. The SMILES string of the molecule is CC(=O)O[C@H]1CC[C@@]2(C)[C@@H](CC=C3[C@@H]2CC[C@]2(C)[C@@H]([C@H](C)C=O)CC[C@@H]32)C1. The largest absolute Gasteiger partial charge is 0.463 e. The summed E-state index contributed by atoms with van der Waals surface area (Å²) in [6, 6.07) is 0. The molecule has 0 radical (unpaired) electrons. The van der Waals surface area contributed by atoms with Crippen LogP contribution in [-0.2, 0) is 14.3 Å². The Labute approximate surface area is 164 Å². The van der Waals surface area contributed by atoms with Gasteiger partial charge in [0.25, 0.3) is 0 Å². The zero-order valence-electron chi connectivity index (χ0n) is 17.5. The first-order valence-corrected chi connectivity index (χ1v) is 11.1. The molecule has 0 unspecified atom stereocenters. The Kier molecular flexibility index (Phi) is 4.79. The maximum Gasteiger partial charge on any atom is 0.302 e. The molecule has 3 fully saturated rings. The van der Waals surface area contributed by atoms with Crippen LogP contribution in [0, 0.1) is 40.4 Å². The number of carbonyl (C=O) groups is 2. The van der Waals surface area contributed by atoms with Gasteiger partial charge in [-0.15, -0.1) is 0 Å². The molecule has 150 valence electrons. The van der Waals surface area contributed by atoms with Crippen molar-refractivity contribution in [2.75, 3.05) is 0 Å². The molecule has 3 nitrogen and oxygen atoms in total. The van der Waals surface area contributed by atoms with E-state index in [0.29, 0.717) is 34.5 Å². The van der Waals surface area contributed by atoms with Gasteiger partial charge in [-0.3, -0.25) is 4.79 Å². The fraction of sp³-hybridized carbons (Fsp3) is 0.833. The van der Waals surface area contributed by atoms with Gasteiger partial charge >= 0.3 is 5.97 Å². The Morgan fingerprint density at radius 3 is 2.56 bits per heavy atom. The van der Waals surface area contributed by atoms with Crippen LogP contribution in [0.15, 0.2) is 11.6 Å². The summed E-state index contributed by atoms with van der Waals surface area (Å²) in [7, 11) is 0. The molecule has 0 N–H and O–H groups in total. The molecular weight excluding hydrogens is 336 g/mol. The number of rotatable bonds is 3. The first kappa shape index (κ1) is 19.2. The van der Waals surface area contributed by atoms with E-state index >= 15 is 0 Å². The summed E-state index contributed by atoms with van der Waals surface area (Å²) in [6.07, 6.45) is 13.2. The lowest BCUT2D eigenvalue weighted by Gasteiger charge is -2.57. The van der Waals surface area contributed by atoms with Crippen molar-refractivity contribution in [1.29, 1.82) is 0 Å². The van der Waals surface area contributed by atoms with Crippen molar-refractivity contribution in [2.24, 2.45) is 40.4 Å². The molecule has 8 atom stereocenters. The number of fused-ring (bicyclic) bond motifs is 5. The highest BCUT2D eigenvalue weighted by molar-refractivity contribution is 5.66. The number of aldehydes is 1. The Hall–Kier alpha value is -1.12. The van der Waals surface area contributed by atoms with Crippen LogP contribution in [0.5, 0.6) is 0 Å². The average Bonchev–Trinajstić information content (AvgIpc) is 2.98. The predicted molar refractivity (Wildman–Crippen MR) is 106 cm³/mol. The van der Waals surface area contributed by atoms with E-state index in [-0.39, 0.29) is 18.0 Å². The van der Waals surface area contributed by atoms with Crippen molar-refractivity contribution in [1.82, 2.24) is 0 Å². The summed E-state index contributed by atoms with van der Waals surface area (Å²) >= 11 is 0. The van der Waals surface area contributed by atoms with E-state index in [1.54, 1.807) is 5.57 Å². The first-order valence-electron chi connectivity index (χ1n) is 11.1. The van der Waals surface area contributed by atoms with Crippen LogP contribution >= 0.6 is 0 Å². The smallest absolute Gasteiger partial charge is 0.302 e. The van der Waals surface area contributed by atoms with E-state index in [1.807, 2.05) is 0 Å². The highest BCUT2D eigenvalue weighted by Crippen LogP contribution is 2.66. The Balaban J connectivity index is 1.58. The first-order chi connectivity index (χ1) is 12.8. The number of hydrogen-bond donors (Lipinski definition) is 0. The summed E-state index contributed by atoms with van der Waals surface area (Å²) in [4.78, 5) is 22.9. The lowest BCUT2D eigenvalue weighted by atomic mass is 9.47. The average molecular weight is 373 g/mol. The maximum absolute atomic E-state index is 11.5. The van der Waals surface area contributed by atoms with Crippen LogP contribution < -0.4 is 0 Å². The van der Waals surface area contributed by atoms with Gasteiger partial charge in [-0.05, 0) is 85.9 Å². The third-order valence-corrected chi connectivity index (χ3v) is 9.29. The third-order valence-electron chi connectivity index (χ3n) is 9.29. The van der Waals surface area contributed by atoms with Crippen LogP contribution in [-0.4, -0.2) is 18.4 Å². The summed E-state index contributed by atoms with van der Waals surface area (Å²) in [5.41, 5.74) is 2.39. The second kappa shape index (κ2) is 6.74. The molecule has 0 amide bonds. The molecule has 0 aromatic rings. The van der Waals surface area contributed by atoms with Gasteiger partial charge < -0.3 is 9.53 Å². The fourth-order valence-corrected chi connectivity index (χ4v) is 7.81. The number of allylic oxidation sites excluding steroid dienone is 2. The summed E-state index contributed by atoms with van der Waals surface area (Å²) in [6.45, 7) is 8.65. The van der Waals surface area contributed by atoms with Crippen molar-refractivity contribution < 1.29 is 14.3 Å². The number of esters is 1. The molecule has 0 spiro atoms. The second-order valence-electron chi connectivity index (χ2n) is 10.5. The number of carbonyl (C=O) groups excluding carboxylic acids is 2. The summed E-state index contributed by atoms with van der Waals surface area (Å²) < 4.78 is 5.57. The quantitative estimate of drug-likeness (QED) is 0.382. The Bertz CT molecular complexity index is 652. The topological polar surface area (TPSA) is 43.4 Å². The van der Waals surface area contributed by atoms with Gasteiger partial charge in [0.15, 0.2) is 0 Å². The van der Waals surface area contributed by atoms with Crippen molar-refractivity contribution in [3.8, 4) is 0 Å². The monoisotopic (exact) mass is 372 g/mol. The van der Waals surface area contributed by atoms with E-state index in [1.165, 1.54) is 45.3 Å². The van der Waals surface area contributed by atoms with E-state index in [2.05, 4.69) is 26.8 Å². The normalized spacial score (nSPS) is 47.1. The van der Waals surface area contributed by atoms with Gasteiger partial charge in [0.2, 0.25) is 0 Å². The molecule has 4 aliphatic rings. The fourth-order valence-electron chi connectivity index (χ4n) is 7.81.